The lowest BCUT2D eigenvalue weighted by Crippen LogP contribution is -2.58. The molecule has 0 spiro atoms. The first-order chi connectivity index (χ1) is 18.9. The summed E-state index contributed by atoms with van der Waals surface area (Å²) in [5.74, 6) is -0.653. The number of nitrogens with zero attached hydrogens (tertiary/aromatic N) is 1. The van der Waals surface area contributed by atoms with Crippen LogP contribution in [0, 0.1) is 0 Å². The average molecular weight is 568 g/mol. The first-order valence-electron chi connectivity index (χ1n) is 12.7. The second kappa shape index (κ2) is 12.1. The van der Waals surface area contributed by atoms with Crippen LogP contribution >= 0.6 is 19.6 Å². The van der Waals surface area contributed by atoms with Crippen molar-refractivity contribution in [2.45, 2.75) is 49.3 Å². The number of fused-ring (bicyclic) bond motifs is 1. The molecule has 0 N–H and O–H groups in total. The molecule has 3 aromatic rings. The van der Waals surface area contributed by atoms with Crippen molar-refractivity contribution >= 4 is 31.5 Å². The zero-order valence-corrected chi connectivity index (χ0v) is 23.2. The highest BCUT2D eigenvalue weighted by Gasteiger charge is 2.61. The van der Waals surface area contributed by atoms with Crippen LogP contribution in [0.2, 0.25) is 0 Å². The molecule has 0 unspecified atom stereocenters. The van der Waals surface area contributed by atoms with Gasteiger partial charge < -0.3 is 9.64 Å². The fourth-order valence-electron chi connectivity index (χ4n) is 4.54. The number of β-lactam (4-membered cyclic amide) rings is 1. The van der Waals surface area contributed by atoms with Gasteiger partial charge in [-0.3, -0.25) is 18.4 Å². The number of amides is 1. The molecular formula is C29H30NO7PS. The van der Waals surface area contributed by atoms with Gasteiger partial charge in [0.1, 0.15) is 12.6 Å². The third-order valence-corrected chi connectivity index (χ3v) is 9.51. The Kier molecular flexibility index (Phi) is 8.54. The van der Waals surface area contributed by atoms with Crippen LogP contribution in [-0.4, -0.2) is 39.5 Å². The van der Waals surface area contributed by atoms with Crippen LogP contribution in [0.3, 0.4) is 0 Å². The van der Waals surface area contributed by atoms with Gasteiger partial charge in [0, 0.05) is 0 Å². The molecule has 5 rings (SSSR count). The van der Waals surface area contributed by atoms with Crippen LogP contribution < -0.4 is 0 Å². The SMILES string of the molecule is C[C@@]1(COP(=O)(OCc2ccccc2)OCc2ccccc2)S[C@@H]2CC(=O)N2[C@H]1C(=O)OCc1ccccc1. The minimum Gasteiger partial charge on any atom is -0.459 e. The van der Waals surface area contributed by atoms with E-state index in [1.807, 2.05) is 97.9 Å². The van der Waals surface area contributed by atoms with Gasteiger partial charge in [0.05, 0.1) is 36.4 Å². The van der Waals surface area contributed by atoms with E-state index in [2.05, 4.69) is 0 Å². The Morgan fingerprint density at radius 1 is 0.846 bits per heavy atom. The molecule has 0 saturated carbocycles. The van der Waals surface area contributed by atoms with Crippen molar-refractivity contribution in [1.29, 1.82) is 0 Å². The predicted octanol–water partition coefficient (Wildman–Crippen LogP) is 5.72. The molecule has 10 heteroatoms. The molecule has 2 aliphatic heterocycles. The number of esters is 1. The fraction of sp³-hybridized carbons (Fsp3) is 0.310. The Bertz CT molecular complexity index is 1280. The summed E-state index contributed by atoms with van der Waals surface area (Å²) < 4.78 is 35.9. The van der Waals surface area contributed by atoms with Crippen LogP contribution in [0.4, 0.5) is 0 Å². The van der Waals surface area contributed by atoms with Crippen LogP contribution in [0.25, 0.3) is 0 Å². The third-order valence-electron chi connectivity index (χ3n) is 6.63. The van der Waals surface area contributed by atoms with E-state index in [1.54, 1.807) is 4.90 Å². The molecule has 204 valence electrons. The van der Waals surface area contributed by atoms with Crippen molar-refractivity contribution in [3.05, 3.63) is 108 Å². The number of carbonyl (C=O) groups excluding carboxylic acids is 2. The number of rotatable bonds is 12. The molecule has 0 aliphatic carbocycles. The van der Waals surface area contributed by atoms with Crippen LogP contribution in [0.15, 0.2) is 91.0 Å². The van der Waals surface area contributed by atoms with Gasteiger partial charge in [0.25, 0.3) is 0 Å². The first-order valence-corrected chi connectivity index (χ1v) is 15.0. The Morgan fingerprint density at radius 2 is 1.33 bits per heavy atom. The predicted molar refractivity (Wildman–Crippen MR) is 147 cm³/mol. The number of hydrogen-bond acceptors (Lipinski definition) is 8. The lowest BCUT2D eigenvalue weighted by atomic mass is 9.97. The normalized spacial score (nSPS) is 22.3. The standard InChI is InChI=1S/C29H30NO7PS/c1-29(27(30-25(31)17-26(30)39-29)28(32)34-18-22-11-5-2-6-12-22)21-37-38(33,35-19-23-13-7-3-8-14-23)36-20-24-15-9-4-10-16-24/h2-16,26-27H,17-21H2,1H3/t26-,27+,29+/m1/s1. The highest BCUT2D eigenvalue weighted by molar-refractivity contribution is 8.01. The molecule has 2 fully saturated rings. The van der Waals surface area contributed by atoms with Gasteiger partial charge in [0.15, 0.2) is 0 Å². The maximum absolute atomic E-state index is 13.8. The van der Waals surface area contributed by atoms with Gasteiger partial charge in [-0.05, 0) is 23.6 Å². The fourth-order valence-corrected chi connectivity index (χ4v) is 7.56. The minimum absolute atomic E-state index is 0.0204. The minimum atomic E-state index is -4.07. The second-order valence-corrected chi connectivity index (χ2v) is 13.0. The van der Waals surface area contributed by atoms with Gasteiger partial charge >= 0.3 is 13.8 Å². The van der Waals surface area contributed by atoms with E-state index in [1.165, 1.54) is 11.8 Å². The molecule has 0 aromatic heterocycles. The van der Waals surface area contributed by atoms with Gasteiger partial charge in [0.2, 0.25) is 5.91 Å². The summed E-state index contributed by atoms with van der Waals surface area (Å²) in [4.78, 5) is 27.3. The van der Waals surface area contributed by atoms with Crippen LogP contribution in [-0.2, 0) is 52.3 Å². The summed E-state index contributed by atoms with van der Waals surface area (Å²) in [5, 5.41) is -0.171. The molecule has 2 heterocycles. The summed E-state index contributed by atoms with van der Waals surface area (Å²) in [6, 6.07) is 27.1. The summed E-state index contributed by atoms with van der Waals surface area (Å²) in [7, 11) is -4.07. The van der Waals surface area contributed by atoms with Crippen LogP contribution in [0.1, 0.15) is 30.0 Å². The molecular weight excluding hydrogens is 537 g/mol. The summed E-state index contributed by atoms with van der Waals surface area (Å²) in [6.45, 7) is 1.79. The molecule has 2 saturated heterocycles. The van der Waals surface area contributed by atoms with Crippen molar-refractivity contribution in [2.24, 2.45) is 0 Å². The number of hydrogen-bond donors (Lipinski definition) is 0. The molecule has 3 aromatic carbocycles. The Balaban J connectivity index is 1.30. The number of thioether (sulfide) groups is 1. The third kappa shape index (κ3) is 6.62. The zero-order chi connectivity index (χ0) is 27.3. The largest absolute Gasteiger partial charge is 0.475 e. The highest BCUT2D eigenvalue weighted by Crippen LogP contribution is 2.56. The number of ether oxygens (including phenoxy) is 1. The van der Waals surface area contributed by atoms with E-state index in [0.717, 1.165) is 16.7 Å². The van der Waals surface area contributed by atoms with E-state index in [0.29, 0.717) is 6.42 Å². The van der Waals surface area contributed by atoms with Crippen molar-refractivity contribution in [3.63, 3.8) is 0 Å². The molecule has 0 radical (unpaired) electrons. The number of carbonyl (C=O) groups is 2. The molecule has 3 atom stereocenters. The molecule has 2 aliphatic rings. The van der Waals surface area contributed by atoms with E-state index in [4.69, 9.17) is 18.3 Å². The van der Waals surface area contributed by atoms with Crippen molar-refractivity contribution < 1.29 is 32.5 Å². The molecule has 1 amide bonds. The van der Waals surface area contributed by atoms with Gasteiger partial charge in [-0.15, -0.1) is 11.8 Å². The van der Waals surface area contributed by atoms with Gasteiger partial charge in [-0.25, -0.2) is 9.36 Å². The molecule has 0 bridgehead atoms. The van der Waals surface area contributed by atoms with Crippen molar-refractivity contribution in [2.75, 3.05) is 6.61 Å². The Hall–Kier alpha value is -2.94. The van der Waals surface area contributed by atoms with E-state index >= 15 is 0 Å². The highest BCUT2D eigenvalue weighted by atomic mass is 32.2. The maximum atomic E-state index is 13.8. The Labute approximate surface area is 232 Å². The van der Waals surface area contributed by atoms with E-state index < -0.39 is 24.6 Å². The number of phosphoric ester groups is 1. The van der Waals surface area contributed by atoms with Crippen LogP contribution in [0.5, 0.6) is 0 Å². The number of benzene rings is 3. The lowest BCUT2D eigenvalue weighted by Gasteiger charge is -2.37. The van der Waals surface area contributed by atoms with Gasteiger partial charge in [-0.2, -0.15) is 0 Å². The first kappa shape index (κ1) is 27.6. The van der Waals surface area contributed by atoms with E-state index in [-0.39, 0.29) is 37.7 Å². The topological polar surface area (TPSA) is 91.4 Å². The molecule has 8 nitrogen and oxygen atoms in total. The summed E-state index contributed by atoms with van der Waals surface area (Å²) >= 11 is 1.44. The average Bonchev–Trinajstić information content (AvgIpc) is 3.21. The maximum Gasteiger partial charge on any atom is 0.475 e. The number of phosphoric acid groups is 1. The smallest absolute Gasteiger partial charge is 0.459 e. The summed E-state index contributed by atoms with van der Waals surface area (Å²) in [5.41, 5.74) is 2.46. The second-order valence-electron chi connectivity index (χ2n) is 9.62. The Morgan fingerprint density at radius 3 is 1.82 bits per heavy atom. The molecule has 39 heavy (non-hydrogen) atoms. The summed E-state index contributed by atoms with van der Waals surface area (Å²) in [6.07, 6.45) is 0.329. The zero-order valence-electron chi connectivity index (χ0n) is 21.5. The quantitative estimate of drug-likeness (QED) is 0.156. The van der Waals surface area contributed by atoms with Crippen molar-refractivity contribution in [3.8, 4) is 0 Å². The monoisotopic (exact) mass is 567 g/mol. The lowest BCUT2D eigenvalue weighted by molar-refractivity contribution is -0.162. The van der Waals surface area contributed by atoms with E-state index in [9.17, 15) is 14.2 Å². The van der Waals surface area contributed by atoms with Gasteiger partial charge in [-0.1, -0.05) is 91.0 Å². The van der Waals surface area contributed by atoms with Crippen molar-refractivity contribution in [1.82, 2.24) is 4.90 Å².